The number of nitrogens with zero attached hydrogens (tertiary/aromatic N) is 1. The van der Waals surface area contributed by atoms with Crippen LogP contribution in [0, 0.1) is 5.92 Å². The van der Waals surface area contributed by atoms with E-state index in [1.807, 2.05) is 13.8 Å². The summed E-state index contributed by atoms with van der Waals surface area (Å²) >= 11 is 0. The quantitative estimate of drug-likeness (QED) is 0.644. The second-order valence-electron chi connectivity index (χ2n) is 4.00. The summed E-state index contributed by atoms with van der Waals surface area (Å²) in [6, 6.07) is 0. The topological polar surface area (TPSA) is 61.4 Å². The molecule has 1 aliphatic heterocycles. The maximum absolute atomic E-state index is 11.6. The van der Waals surface area contributed by atoms with Gasteiger partial charge in [0, 0.05) is 32.1 Å². The second kappa shape index (κ2) is 5.70. The van der Waals surface area contributed by atoms with Gasteiger partial charge >= 0.3 is 0 Å². The molecule has 0 spiro atoms. The van der Waals surface area contributed by atoms with Crippen LogP contribution in [0.4, 0.5) is 0 Å². The molecule has 5 heteroatoms. The van der Waals surface area contributed by atoms with Crippen LogP contribution in [-0.4, -0.2) is 49.4 Å². The van der Waals surface area contributed by atoms with Crippen LogP contribution in [0.3, 0.4) is 0 Å². The van der Waals surface area contributed by atoms with Gasteiger partial charge in [0.25, 0.3) is 0 Å². The lowest BCUT2D eigenvalue weighted by molar-refractivity contribution is -0.134. The monoisotopic (exact) mass is 213 g/mol. The molecule has 1 aliphatic rings. The van der Waals surface area contributed by atoms with Gasteiger partial charge in [0.1, 0.15) is 0 Å². The number of hydrogen-bond acceptors (Lipinski definition) is 3. The first-order valence-electron chi connectivity index (χ1n) is 5.37. The molecule has 0 aromatic carbocycles. The molecule has 0 aromatic rings. The van der Waals surface area contributed by atoms with E-state index in [0.29, 0.717) is 0 Å². The van der Waals surface area contributed by atoms with E-state index < -0.39 is 0 Å². The Hall–Kier alpha value is -1.10. The van der Waals surface area contributed by atoms with Crippen molar-refractivity contribution in [1.29, 1.82) is 0 Å². The zero-order valence-corrected chi connectivity index (χ0v) is 9.38. The molecule has 0 atom stereocenters. The van der Waals surface area contributed by atoms with Gasteiger partial charge in [0.2, 0.25) is 11.8 Å². The first-order chi connectivity index (χ1) is 7.11. The predicted molar refractivity (Wildman–Crippen MR) is 57.3 cm³/mol. The number of nitrogens with one attached hydrogen (secondary N) is 2. The summed E-state index contributed by atoms with van der Waals surface area (Å²) in [5, 5.41) is 5.80. The van der Waals surface area contributed by atoms with Gasteiger partial charge in [-0.1, -0.05) is 13.8 Å². The normalized spacial score (nSPS) is 16.6. The fourth-order valence-electron chi connectivity index (χ4n) is 1.39. The Kier molecular flexibility index (Phi) is 4.55. The van der Waals surface area contributed by atoms with E-state index in [4.69, 9.17) is 0 Å². The van der Waals surface area contributed by atoms with Gasteiger partial charge in [-0.3, -0.25) is 9.59 Å². The third kappa shape index (κ3) is 3.87. The lowest BCUT2D eigenvalue weighted by atomic mass is 10.2. The van der Waals surface area contributed by atoms with Crippen LogP contribution in [0.15, 0.2) is 0 Å². The molecule has 86 valence electrons. The molecule has 2 amide bonds. The SMILES string of the molecule is CC(C)C(=O)NCC(=O)N1CCNCC1. The number of carbonyl (C=O) groups excluding carboxylic acids is 2. The molecule has 0 aromatic heterocycles. The van der Waals surface area contributed by atoms with Crippen LogP contribution < -0.4 is 10.6 Å². The van der Waals surface area contributed by atoms with Gasteiger partial charge in [-0.25, -0.2) is 0 Å². The summed E-state index contributed by atoms with van der Waals surface area (Å²) in [7, 11) is 0. The molecule has 0 unspecified atom stereocenters. The van der Waals surface area contributed by atoms with Crippen molar-refractivity contribution in [2.24, 2.45) is 5.92 Å². The first kappa shape index (κ1) is 12.0. The van der Waals surface area contributed by atoms with Crippen molar-refractivity contribution in [3.8, 4) is 0 Å². The van der Waals surface area contributed by atoms with E-state index in [1.54, 1.807) is 4.90 Å². The molecule has 1 heterocycles. The van der Waals surface area contributed by atoms with Crippen LogP contribution in [0.25, 0.3) is 0 Å². The van der Waals surface area contributed by atoms with Crippen LogP contribution >= 0.6 is 0 Å². The zero-order valence-electron chi connectivity index (χ0n) is 9.38. The van der Waals surface area contributed by atoms with Crippen molar-refractivity contribution in [2.45, 2.75) is 13.8 Å². The number of piperazine rings is 1. The average Bonchev–Trinajstić information content (AvgIpc) is 2.26. The van der Waals surface area contributed by atoms with Gasteiger partial charge in [0.05, 0.1) is 6.54 Å². The Labute approximate surface area is 90.2 Å². The number of hydrogen-bond donors (Lipinski definition) is 2. The molecule has 0 radical (unpaired) electrons. The molecule has 5 nitrogen and oxygen atoms in total. The van der Waals surface area contributed by atoms with Crippen LogP contribution in [0.1, 0.15) is 13.8 Å². The van der Waals surface area contributed by atoms with Gasteiger partial charge < -0.3 is 15.5 Å². The molecule has 0 saturated carbocycles. The first-order valence-corrected chi connectivity index (χ1v) is 5.37. The molecular formula is C10H19N3O2. The lowest BCUT2D eigenvalue weighted by Gasteiger charge is -2.27. The van der Waals surface area contributed by atoms with E-state index in [0.717, 1.165) is 26.2 Å². The summed E-state index contributed by atoms with van der Waals surface area (Å²) in [4.78, 5) is 24.6. The summed E-state index contributed by atoms with van der Waals surface area (Å²) in [5.41, 5.74) is 0. The molecule has 1 saturated heterocycles. The Morgan fingerprint density at radius 1 is 1.33 bits per heavy atom. The molecule has 0 aliphatic carbocycles. The van der Waals surface area contributed by atoms with Crippen molar-refractivity contribution in [1.82, 2.24) is 15.5 Å². The minimum Gasteiger partial charge on any atom is -0.347 e. The van der Waals surface area contributed by atoms with Gasteiger partial charge in [-0.15, -0.1) is 0 Å². The molecule has 2 N–H and O–H groups in total. The largest absolute Gasteiger partial charge is 0.347 e. The highest BCUT2D eigenvalue weighted by molar-refractivity contribution is 5.85. The van der Waals surface area contributed by atoms with E-state index in [1.165, 1.54) is 0 Å². The number of carbonyl (C=O) groups is 2. The molecular weight excluding hydrogens is 194 g/mol. The maximum atomic E-state index is 11.6. The molecule has 1 fully saturated rings. The highest BCUT2D eigenvalue weighted by atomic mass is 16.2. The van der Waals surface area contributed by atoms with Crippen LogP contribution in [-0.2, 0) is 9.59 Å². The Morgan fingerprint density at radius 3 is 2.47 bits per heavy atom. The van der Waals surface area contributed by atoms with Gasteiger partial charge in [0.15, 0.2) is 0 Å². The van der Waals surface area contributed by atoms with Crippen molar-refractivity contribution in [3.05, 3.63) is 0 Å². The number of amides is 2. The lowest BCUT2D eigenvalue weighted by Crippen LogP contribution is -2.49. The predicted octanol–water partition coefficient (Wildman–Crippen LogP) is -0.810. The smallest absolute Gasteiger partial charge is 0.242 e. The molecule has 1 rings (SSSR count). The van der Waals surface area contributed by atoms with Crippen molar-refractivity contribution in [2.75, 3.05) is 32.7 Å². The van der Waals surface area contributed by atoms with Crippen LogP contribution in [0.2, 0.25) is 0 Å². The van der Waals surface area contributed by atoms with E-state index in [2.05, 4.69) is 10.6 Å². The van der Waals surface area contributed by atoms with Gasteiger partial charge in [-0.2, -0.15) is 0 Å². The summed E-state index contributed by atoms with van der Waals surface area (Å²) in [6.07, 6.45) is 0. The summed E-state index contributed by atoms with van der Waals surface area (Å²) in [6.45, 7) is 6.88. The van der Waals surface area contributed by atoms with Gasteiger partial charge in [-0.05, 0) is 0 Å². The summed E-state index contributed by atoms with van der Waals surface area (Å²) in [5.74, 6) is -0.134. The van der Waals surface area contributed by atoms with Crippen molar-refractivity contribution in [3.63, 3.8) is 0 Å². The van der Waals surface area contributed by atoms with Crippen molar-refractivity contribution < 1.29 is 9.59 Å². The summed E-state index contributed by atoms with van der Waals surface area (Å²) < 4.78 is 0. The van der Waals surface area contributed by atoms with E-state index in [-0.39, 0.29) is 24.3 Å². The zero-order chi connectivity index (χ0) is 11.3. The third-order valence-electron chi connectivity index (χ3n) is 2.41. The van der Waals surface area contributed by atoms with Crippen molar-refractivity contribution >= 4 is 11.8 Å². The Bertz CT molecular complexity index is 235. The maximum Gasteiger partial charge on any atom is 0.242 e. The average molecular weight is 213 g/mol. The van der Waals surface area contributed by atoms with E-state index in [9.17, 15) is 9.59 Å². The standard InChI is InChI=1S/C10H19N3O2/c1-8(2)10(15)12-7-9(14)13-5-3-11-4-6-13/h8,11H,3-7H2,1-2H3,(H,12,15). The fraction of sp³-hybridized carbons (Fsp3) is 0.800. The Balaban J connectivity index is 2.26. The van der Waals surface area contributed by atoms with Crippen LogP contribution in [0.5, 0.6) is 0 Å². The van der Waals surface area contributed by atoms with E-state index >= 15 is 0 Å². The third-order valence-corrected chi connectivity index (χ3v) is 2.41. The highest BCUT2D eigenvalue weighted by Gasteiger charge is 2.16. The molecule has 15 heavy (non-hydrogen) atoms. The Morgan fingerprint density at radius 2 is 1.93 bits per heavy atom. The second-order valence-corrected chi connectivity index (χ2v) is 4.00. The fourth-order valence-corrected chi connectivity index (χ4v) is 1.39. The molecule has 0 bridgehead atoms. The minimum atomic E-state index is -0.0708. The number of rotatable bonds is 3. The highest BCUT2D eigenvalue weighted by Crippen LogP contribution is 1.94. The minimum absolute atomic E-state index is 0.00509.